The lowest BCUT2D eigenvalue weighted by Crippen LogP contribution is -2.49. The fourth-order valence-electron chi connectivity index (χ4n) is 5.18. The number of anilines is 2. The number of nitrogens with one attached hydrogen (secondary N) is 3. The normalized spacial score (nSPS) is 18.1. The third-order valence-corrected chi connectivity index (χ3v) is 6.87. The Balaban J connectivity index is 1.45. The van der Waals surface area contributed by atoms with E-state index in [9.17, 15) is 14.7 Å². The lowest BCUT2D eigenvalue weighted by molar-refractivity contribution is -0.120. The number of nitrogens with zero attached hydrogens (tertiary/aromatic N) is 5. The predicted molar refractivity (Wildman–Crippen MR) is 139 cm³/mol. The molecule has 1 fully saturated rings. The number of H-pyrrole nitrogens is 1. The van der Waals surface area contributed by atoms with Crippen LogP contribution < -0.4 is 15.5 Å². The number of aromatic amines is 1. The molecule has 5 rings (SSSR count). The van der Waals surface area contributed by atoms with Crippen LogP contribution in [0.25, 0.3) is 11.4 Å². The molecule has 3 aromatic rings. The first-order valence-corrected chi connectivity index (χ1v) is 12.6. The molecule has 2 aliphatic rings. The van der Waals surface area contributed by atoms with Gasteiger partial charge in [0.1, 0.15) is 0 Å². The molecule has 192 valence electrons. The second-order valence-corrected chi connectivity index (χ2v) is 9.37. The molecule has 0 spiro atoms. The minimum atomic E-state index is -1.13. The standard InChI is InChI=1S/C26H30N8O3/c1-16-7-5-12-20-21(17-8-3-2-4-9-17)28-24(25(36)34(13-14-35)22(16)20)29-26(37)27-19-11-6-10-18(15-19)23-30-32-33-31-23/h5-7,10-12,15,17,24,35H,2-4,8-9,13-14H2,1H3,(H2,27,29,37)(H,30,31,32,33). The summed E-state index contributed by atoms with van der Waals surface area (Å²) in [6.07, 6.45) is 4.25. The molecule has 0 saturated heterocycles. The molecular formula is C26H30N8O3. The number of β-amino-alcohol motifs (C(OH)–C–C–N with tert-alkyl or cyclic N) is 1. The molecule has 0 bridgehead atoms. The Bertz CT molecular complexity index is 1300. The Morgan fingerprint density at radius 1 is 1.16 bits per heavy atom. The molecule has 11 heteroatoms. The molecule has 1 aromatic heterocycles. The highest BCUT2D eigenvalue weighted by Crippen LogP contribution is 2.35. The number of carbonyl (C=O) groups is 2. The van der Waals surface area contributed by atoms with Crippen LogP contribution in [0, 0.1) is 12.8 Å². The number of para-hydroxylation sites is 1. The van der Waals surface area contributed by atoms with Crippen LogP contribution in [0.15, 0.2) is 47.5 Å². The fourth-order valence-corrected chi connectivity index (χ4v) is 5.18. The number of aliphatic hydroxyl groups is 1. The first kappa shape index (κ1) is 24.6. The second-order valence-electron chi connectivity index (χ2n) is 9.37. The zero-order chi connectivity index (χ0) is 25.8. The van der Waals surface area contributed by atoms with E-state index < -0.39 is 12.2 Å². The number of benzodiazepines with no additional fused rings is 1. The lowest BCUT2D eigenvalue weighted by Gasteiger charge is -2.27. The predicted octanol–water partition coefficient (Wildman–Crippen LogP) is 3.03. The number of hydrogen-bond donors (Lipinski definition) is 4. The smallest absolute Gasteiger partial charge is 0.321 e. The van der Waals surface area contributed by atoms with E-state index in [0.29, 0.717) is 17.1 Å². The summed E-state index contributed by atoms with van der Waals surface area (Å²) in [6.45, 7) is 1.85. The van der Waals surface area contributed by atoms with Crippen molar-refractivity contribution in [2.75, 3.05) is 23.4 Å². The van der Waals surface area contributed by atoms with Gasteiger partial charge in [-0.2, -0.15) is 0 Å². The average Bonchev–Trinajstić information content (AvgIpc) is 3.42. The van der Waals surface area contributed by atoms with Crippen molar-refractivity contribution in [1.82, 2.24) is 25.9 Å². The summed E-state index contributed by atoms with van der Waals surface area (Å²) < 4.78 is 0. The first-order chi connectivity index (χ1) is 18.0. The van der Waals surface area contributed by atoms with Gasteiger partial charge in [-0.05, 0) is 47.9 Å². The van der Waals surface area contributed by atoms with Crippen LogP contribution in [0.2, 0.25) is 0 Å². The maximum Gasteiger partial charge on any atom is 0.321 e. The highest BCUT2D eigenvalue weighted by molar-refractivity contribution is 6.14. The average molecular weight is 503 g/mol. The minimum Gasteiger partial charge on any atom is -0.395 e. The summed E-state index contributed by atoms with van der Waals surface area (Å²) in [5, 5.41) is 29.1. The number of aryl methyl sites for hydroxylation is 1. The molecule has 1 aliphatic heterocycles. The number of aliphatic imine (C=N–C) groups is 1. The number of aromatic nitrogens is 4. The van der Waals surface area contributed by atoms with Crippen LogP contribution in [0.1, 0.15) is 43.2 Å². The monoisotopic (exact) mass is 502 g/mol. The molecule has 0 radical (unpaired) electrons. The Morgan fingerprint density at radius 2 is 1.97 bits per heavy atom. The van der Waals surface area contributed by atoms with E-state index >= 15 is 0 Å². The summed E-state index contributed by atoms with van der Waals surface area (Å²) in [4.78, 5) is 33.2. The van der Waals surface area contributed by atoms with Crippen molar-refractivity contribution in [3.8, 4) is 11.4 Å². The molecule has 3 amide bonds. The van der Waals surface area contributed by atoms with Gasteiger partial charge in [0.2, 0.25) is 6.17 Å². The van der Waals surface area contributed by atoms with Gasteiger partial charge < -0.3 is 20.6 Å². The number of hydrogen-bond acceptors (Lipinski definition) is 7. The van der Waals surface area contributed by atoms with Gasteiger partial charge in [-0.25, -0.2) is 9.89 Å². The Kier molecular flexibility index (Phi) is 7.22. The highest BCUT2D eigenvalue weighted by Gasteiger charge is 2.35. The Hall–Kier alpha value is -4.12. The molecule has 1 saturated carbocycles. The van der Waals surface area contributed by atoms with Crippen molar-refractivity contribution in [2.24, 2.45) is 10.9 Å². The van der Waals surface area contributed by atoms with Crippen LogP contribution in [0.4, 0.5) is 16.2 Å². The van der Waals surface area contributed by atoms with Gasteiger partial charge in [-0.3, -0.25) is 9.79 Å². The van der Waals surface area contributed by atoms with Gasteiger partial charge >= 0.3 is 6.03 Å². The highest BCUT2D eigenvalue weighted by atomic mass is 16.3. The number of tetrazole rings is 1. The van der Waals surface area contributed by atoms with Gasteiger partial charge in [0, 0.05) is 29.3 Å². The number of amides is 3. The molecule has 37 heavy (non-hydrogen) atoms. The van der Waals surface area contributed by atoms with Crippen molar-refractivity contribution < 1.29 is 14.7 Å². The van der Waals surface area contributed by atoms with E-state index in [4.69, 9.17) is 4.99 Å². The molecular weight excluding hydrogens is 472 g/mol. The largest absolute Gasteiger partial charge is 0.395 e. The molecule has 1 aliphatic carbocycles. The van der Waals surface area contributed by atoms with Crippen molar-refractivity contribution >= 4 is 29.0 Å². The second kappa shape index (κ2) is 10.9. The van der Waals surface area contributed by atoms with Crippen molar-refractivity contribution in [1.29, 1.82) is 0 Å². The number of fused-ring (bicyclic) bond motifs is 1. The van der Waals surface area contributed by atoms with E-state index in [1.165, 1.54) is 6.42 Å². The van der Waals surface area contributed by atoms with Crippen LogP contribution in [-0.2, 0) is 4.79 Å². The van der Waals surface area contributed by atoms with E-state index in [1.807, 2.05) is 31.2 Å². The van der Waals surface area contributed by atoms with Crippen molar-refractivity contribution in [3.05, 3.63) is 53.6 Å². The van der Waals surface area contributed by atoms with Gasteiger partial charge in [0.25, 0.3) is 5.91 Å². The zero-order valence-electron chi connectivity index (χ0n) is 20.6. The van der Waals surface area contributed by atoms with Gasteiger partial charge in [0.15, 0.2) is 5.82 Å². The van der Waals surface area contributed by atoms with Gasteiger partial charge in [-0.15, -0.1) is 5.10 Å². The number of carbonyl (C=O) groups excluding carboxylic acids is 2. The maximum absolute atomic E-state index is 13.7. The van der Waals surface area contributed by atoms with E-state index in [-0.39, 0.29) is 25.0 Å². The van der Waals surface area contributed by atoms with E-state index in [1.54, 1.807) is 23.1 Å². The van der Waals surface area contributed by atoms with Gasteiger partial charge in [0.05, 0.1) is 18.0 Å². The minimum absolute atomic E-state index is 0.108. The van der Waals surface area contributed by atoms with Gasteiger partial charge in [-0.1, -0.05) is 49.6 Å². The summed E-state index contributed by atoms with van der Waals surface area (Å²) in [5.74, 6) is 0.292. The first-order valence-electron chi connectivity index (χ1n) is 12.6. The fraction of sp³-hybridized carbons (Fsp3) is 0.385. The van der Waals surface area contributed by atoms with E-state index in [0.717, 1.165) is 48.2 Å². The third kappa shape index (κ3) is 5.21. The molecule has 11 nitrogen and oxygen atoms in total. The van der Waals surface area contributed by atoms with Crippen molar-refractivity contribution in [2.45, 2.75) is 45.2 Å². The quantitative estimate of drug-likeness (QED) is 0.407. The third-order valence-electron chi connectivity index (χ3n) is 6.87. The summed E-state index contributed by atoms with van der Waals surface area (Å²) >= 11 is 0. The molecule has 2 heterocycles. The Morgan fingerprint density at radius 3 is 2.73 bits per heavy atom. The number of benzene rings is 2. The Labute approximate surface area is 214 Å². The van der Waals surface area contributed by atoms with Crippen LogP contribution in [0.5, 0.6) is 0 Å². The molecule has 2 aromatic carbocycles. The maximum atomic E-state index is 13.7. The van der Waals surface area contributed by atoms with Crippen LogP contribution >= 0.6 is 0 Å². The molecule has 1 unspecified atom stereocenters. The van der Waals surface area contributed by atoms with Crippen LogP contribution in [0.3, 0.4) is 0 Å². The van der Waals surface area contributed by atoms with Crippen LogP contribution in [-0.4, -0.2) is 62.7 Å². The SMILES string of the molecule is Cc1cccc2c1N(CCO)C(=O)C(NC(=O)Nc1cccc(-c3nnn[nH]3)c1)N=C2C1CCCCC1. The van der Waals surface area contributed by atoms with E-state index in [2.05, 4.69) is 31.3 Å². The molecule has 4 N–H and O–H groups in total. The zero-order valence-corrected chi connectivity index (χ0v) is 20.6. The summed E-state index contributed by atoms with van der Waals surface area (Å²) in [6, 6.07) is 12.4. The van der Waals surface area contributed by atoms with Crippen molar-refractivity contribution in [3.63, 3.8) is 0 Å². The topological polar surface area (TPSA) is 148 Å². The summed E-state index contributed by atoms with van der Waals surface area (Å²) in [5.41, 5.74) is 4.63. The number of aliphatic hydroxyl groups excluding tert-OH is 1. The molecule has 1 atom stereocenters. The summed E-state index contributed by atoms with van der Waals surface area (Å²) in [7, 11) is 0. The number of rotatable bonds is 6. The number of urea groups is 1. The lowest BCUT2D eigenvalue weighted by atomic mass is 9.82.